The normalized spacial score (nSPS) is 16.5. The molecule has 1 aromatic carbocycles. The van der Waals surface area contributed by atoms with Crippen molar-refractivity contribution in [2.24, 2.45) is 5.92 Å². The van der Waals surface area contributed by atoms with E-state index in [0.29, 0.717) is 5.92 Å². The number of para-hydroxylation sites is 1. The highest BCUT2D eigenvalue weighted by molar-refractivity contribution is 5.92. The van der Waals surface area contributed by atoms with E-state index in [1.54, 1.807) is 6.07 Å². The Bertz CT molecular complexity index is 819. The number of hydrogen-bond donors (Lipinski definition) is 1. The van der Waals surface area contributed by atoms with Gasteiger partial charge in [-0.15, -0.1) is 0 Å². The van der Waals surface area contributed by atoms with Crippen molar-refractivity contribution in [1.82, 2.24) is 9.78 Å². The van der Waals surface area contributed by atoms with Crippen LogP contribution < -0.4 is 10.9 Å². The number of hydrogen-bond acceptors (Lipinski definition) is 3. The molecule has 24 heavy (non-hydrogen) atoms. The van der Waals surface area contributed by atoms with Crippen molar-refractivity contribution in [1.29, 1.82) is 0 Å². The molecule has 1 aromatic heterocycles. The van der Waals surface area contributed by atoms with Gasteiger partial charge in [-0.25, -0.2) is 4.68 Å². The predicted molar refractivity (Wildman–Crippen MR) is 94.2 cm³/mol. The largest absolute Gasteiger partial charge is 0.324 e. The summed E-state index contributed by atoms with van der Waals surface area (Å²) in [5.74, 6) is 0.355. The van der Waals surface area contributed by atoms with Crippen molar-refractivity contribution in [3.05, 3.63) is 57.0 Å². The van der Waals surface area contributed by atoms with Crippen molar-refractivity contribution in [2.45, 2.75) is 46.6 Å². The van der Waals surface area contributed by atoms with Gasteiger partial charge in [0.1, 0.15) is 6.54 Å². The molecule has 126 valence electrons. The second-order valence-electron chi connectivity index (χ2n) is 6.78. The molecule has 0 fully saturated rings. The zero-order valence-corrected chi connectivity index (χ0v) is 14.4. The van der Waals surface area contributed by atoms with Gasteiger partial charge in [-0.1, -0.05) is 25.1 Å². The van der Waals surface area contributed by atoms with Gasteiger partial charge in [0.25, 0.3) is 5.56 Å². The first kappa shape index (κ1) is 16.4. The summed E-state index contributed by atoms with van der Waals surface area (Å²) in [4.78, 5) is 24.6. The molecule has 2 aromatic rings. The highest BCUT2D eigenvalue weighted by Gasteiger charge is 2.19. The number of carbonyl (C=O) groups is 1. The molecular formula is C19H23N3O2. The fraction of sp³-hybridized carbons (Fsp3) is 0.421. The second kappa shape index (κ2) is 6.59. The van der Waals surface area contributed by atoms with Crippen molar-refractivity contribution < 1.29 is 4.79 Å². The van der Waals surface area contributed by atoms with E-state index in [9.17, 15) is 9.59 Å². The fourth-order valence-corrected chi connectivity index (χ4v) is 3.25. The average molecular weight is 325 g/mol. The van der Waals surface area contributed by atoms with Crippen molar-refractivity contribution in [2.75, 3.05) is 5.32 Å². The summed E-state index contributed by atoms with van der Waals surface area (Å²) in [6.07, 6.45) is 2.84. The van der Waals surface area contributed by atoms with Gasteiger partial charge in [0.2, 0.25) is 5.91 Å². The number of benzene rings is 1. The van der Waals surface area contributed by atoms with Crippen LogP contribution in [0.25, 0.3) is 0 Å². The molecule has 0 saturated carbocycles. The number of aromatic nitrogens is 2. The van der Waals surface area contributed by atoms with E-state index in [1.165, 1.54) is 4.68 Å². The molecule has 0 bridgehead atoms. The molecule has 3 rings (SSSR count). The van der Waals surface area contributed by atoms with Gasteiger partial charge in [0.15, 0.2) is 0 Å². The van der Waals surface area contributed by atoms with Crippen LogP contribution in [0.15, 0.2) is 29.1 Å². The lowest BCUT2D eigenvalue weighted by atomic mass is 9.88. The second-order valence-corrected chi connectivity index (χ2v) is 6.78. The molecule has 0 radical (unpaired) electrons. The minimum atomic E-state index is -0.230. The Kier molecular flexibility index (Phi) is 4.51. The van der Waals surface area contributed by atoms with E-state index in [0.717, 1.165) is 47.3 Å². The van der Waals surface area contributed by atoms with Crippen molar-refractivity contribution >= 4 is 11.6 Å². The van der Waals surface area contributed by atoms with Crippen LogP contribution in [0, 0.1) is 19.8 Å². The molecule has 0 spiro atoms. The van der Waals surface area contributed by atoms with E-state index in [4.69, 9.17) is 0 Å². The number of rotatable bonds is 3. The summed E-state index contributed by atoms with van der Waals surface area (Å²) in [5, 5.41) is 7.32. The highest BCUT2D eigenvalue weighted by atomic mass is 16.2. The van der Waals surface area contributed by atoms with Gasteiger partial charge in [0.05, 0.1) is 5.69 Å². The first-order chi connectivity index (χ1) is 11.4. The van der Waals surface area contributed by atoms with E-state index < -0.39 is 0 Å². The maximum Gasteiger partial charge on any atom is 0.267 e. The van der Waals surface area contributed by atoms with Gasteiger partial charge in [-0.05, 0) is 55.7 Å². The molecule has 0 saturated heterocycles. The van der Waals surface area contributed by atoms with Crippen molar-refractivity contribution in [3.8, 4) is 0 Å². The molecule has 5 nitrogen and oxygen atoms in total. The Balaban J connectivity index is 1.79. The summed E-state index contributed by atoms with van der Waals surface area (Å²) < 4.78 is 1.28. The Morgan fingerprint density at radius 3 is 2.75 bits per heavy atom. The van der Waals surface area contributed by atoms with Crippen LogP contribution in [-0.2, 0) is 24.2 Å². The molecule has 1 aliphatic carbocycles. The van der Waals surface area contributed by atoms with E-state index in [1.807, 2.05) is 32.0 Å². The van der Waals surface area contributed by atoms with Gasteiger partial charge < -0.3 is 5.32 Å². The number of carbonyl (C=O) groups excluding carboxylic acids is 1. The van der Waals surface area contributed by atoms with Crippen LogP contribution in [0.1, 0.15) is 35.7 Å². The molecule has 1 atom stereocenters. The number of nitrogens with one attached hydrogen (secondary N) is 1. The molecule has 1 aliphatic rings. The van der Waals surface area contributed by atoms with Crippen LogP contribution in [0.5, 0.6) is 0 Å². The Morgan fingerprint density at radius 2 is 2.04 bits per heavy atom. The maximum atomic E-state index is 12.3. The van der Waals surface area contributed by atoms with Crippen LogP contribution in [0.2, 0.25) is 0 Å². The van der Waals surface area contributed by atoms with E-state index >= 15 is 0 Å². The van der Waals surface area contributed by atoms with Crippen LogP contribution in [0.3, 0.4) is 0 Å². The smallest absolute Gasteiger partial charge is 0.267 e. The Hall–Kier alpha value is -2.43. The Morgan fingerprint density at radius 1 is 1.33 bits per heavy atom. The zero-order valence-electron chi connectivity index (χ0n) is 14.4. The first-order valence-corrected chi connectivity index (χ1v) is 8.40. The van der Waals surface area contributed by atoms with Gasteiger partial charge >= 0.3 is 0 Å². The molecule has 1 heterocycles. The molecule has 0 unspecified atom stereocenters. The third-order valence-electron chi connectivity index (χ3n) is 4.65. The summed E-state index contributed by atoms with van der Waals surface area (Å²) >= 11 is 0. The summed E-state index contributed by atoms with van der Waals surface area (Å²) in [7, 11) is 0. The van der Waals surface area contributed by atoms with Gasteiger partial charge in [-0.3, -0.25) is 9.59 Å². The number of amides is 1. The minimum absolute atomic E-state index is 0.0601. The number of fused-ring (bicyclic) bond motifs is 1. The molecule has 0 aliphatic heterocycles. The predicted octanol–water partition coefficient (Wildman–Crippen LogP) is 2.62. The average Bonchev–Trinajstić information content (AvgIpc) is 2.52. The standard InChI is InChI=1S/C19H23N3O2/c1-12-7-8-16-15(9-12)10-18(24)22(21-16)11-17(23)20-19-13(2)5-4-6-14(19)3/h4-6,10,12H,7-9,11H2,1-3H3,(H,20,23)/t12-/m0/s1. The highest BCUT2D eigenvalue weighted by Crippen LogP contribution is 2.22. The number of aryl methyl sites for hydroxylation is 3. The number of anilines is 1. The lowest BCUT2D eigenvalue weighted by molar-refractivity contribution is -0.117. The topological polar surface area (TPSA) is 64.0 Å². The molecule has 1 N–H and O–H groups in total. The maximum absolute atomic E-state index is 12.3. The lowest BCUT2D eigenvalue weighted by Crippen LogP contribution is -2.32. The third kappa shape index (κ3) is 3.40. The van der Waals surface area contributed by atoms with Gasteiger partial charge in [-0.2, -0.15) is 5.10 Å². The summed E-state index contributed by atoms with van der Waals surface area (Å²) in [6.45, 7) is 6.03. The lowest BCUT2D eigenvalue weighted by Gasteiger charge is -2.21. The summed E-state index contributed by atoms with van der Waals surface area (Å²) in [5.41, 5.74) is 4.59. The van der Waals surface area contributed by atoms with E-state index in [2.05, 4.69) is 17.3 Å². The first-order valence-electron chi connectivity index (χ1n) is 8.40. The molecular weight excluding hydrogens is 302 g/mol. The quantitative estimate of drug-likeness (QED) is 0.943. The van der Waals surface area contributed by atoms with Crippen molar-refractivity contribution in [3.63, 3.8) is 0 Å². The van der Waals surface area contributed by atoms with Crippen LogP contribution in [-0.4, -0.2) is 15.7 Å². The molecule has 5 heteroatoms. The SMILES string of the molecule is Cc1cccc(C)c1NC(=O)Cn1nc2c(cc1=O)C[C@@H](C)CC2. The fourth-order valence-electron chi connectivity index (χ4n) is 3.25. The third-order valence-corrected chi connectivity index (χ3v) is 4.65. The van der Waals surface area contributed by atoms with Gasteiger partial charge in [0, 0.05) is 11.8 Å². The Labute approximate surface area is 141 Å². The van der Waals surface area contributed by atoms with Crippen LogP contribution in [0.4, 0.5) is 5.69 Å². The monoisotopic (exact) mass is 325 g/mol. The van der Waals surface area contributed by atoms with E-state index in [-0.39, 0.29) is 18.0 Å². The molecule has 1 amide bonds. The number of nitrogens with zero attached hydrogens (tertiary/aromatic N) is 2. The van der Waals surface area contributed by atoms with Crippen LogP contribution >= 0.6 is 0 Å². The zero-order chi connectivity index (χ0) is 17.3. The minimum Gasteiger partial charge on any atom is -0.324 e. The summed E-state index contributed by atoms with van der Waals surface area (Å²) in [6, 6.07) is 7.50.